The van der Waals surface area contributed by atoms with Gasteiger partial charge in [-0.1, -0.05) is 13.8 Å². The van der Waals surface area contributed by atoms with Crippen LogP contribution in [0.25, 0.3) is 0 Å². The van der Waals surface area contributed by atoms with Crippen LogP contribution in [-0.4, -0.2) is 29.2 Å². The van der Waals surface area contributed by atoms with Crippen molar-refractivity contribution in [1.29, 1.82) is 0 Å². The maximum atomic E-state index is 11.4. The first kappa shape index (κ1) is 13.6. The number of carbonyl (C=O) groups excluding carboxylic acids is 1. The second kappa shape index (κ2) is 6.14. The van der Waals surface area contributed by atoms with Crippen molar-refractivity contribution in [1.82, 2.24) is 0 Å². The molecule has 0 aliphatic rings. The van der Waals surface area contributed by atoms with Gasteiger partial charge >= 0.3 is 0 Å². The average Bonchev–Trinajstić information content (AvgIpc) is 2.17. The van der Waals surface area contributed by atoms with Crippen molar-refractivity contribution < 1.29 is 14.6 Å². The molecular formula is C11H22O3. The molecule has 0 rings (SSSR count). The molecule has 84 valence electrons. The van der Waals surface area contributed by atoms with Gasteiger partial charge in [0.2, 0.25) is 0 Å². The SMILES string of the molecule is CCC(C)OCCC(=O)C(C)(O)CC. The van der Waals surface area contributed by atoms with Gasteiger partial charge in [-0.3, -0.25) is 4.79 Å². The fraction of sp³-hybridized carbons (Fsp3) is 0.909. The van der Waals surface area contributed by atoms with E-state index in [0.29, 0.717) is 19.4 Å². The first-order valence-corrected chi connectivity index (χ1v) is 5.31. The summed E-state index contributed by atoms with van der Waals surface area (Å²) in [6.45, 7) is 7.77. The van der Waals surface area contributed by atoms with E-state index in [0.717, 1.165) is 6.42 Å². The quantitative estimate of drug-likeness (QED) is 0.686. The molecule has 0 heterocycles. The summed E-state index contributed by atoms with van der Waals surface area (Å²) >= 11 is 0. The molecule has 0 aliphatic carbocycles. The van der Waals surface area contributed by atoms with E-state index in [9.17, 15) is 9.90 Å². The van der Waals surface area contributed by atoms with Crippen molar-refractivity contribution >= 4 is 5.78 Å². The lowest BCUT2D eigenvalue weighted by atomic mass is 9.96. The summed E-state index contributed by atoms with van der Waals surface area (Å²) in [5, 5.41) is 9.61. The van der Waals surface area contributed by atoms with Crippen LogP contribution in [0.3, 0.4) is 0 Å². The van der Waals surface area contributed by atoms with Gasteiger partial charge in [0, 0.05) is 6.42 Å². The maximum absolute atomic E-state index is 11.4. The Labute approximate surface area is 86.5 Å². The van der Waals surface area contributed by atoms with Gasteiger partial charge in [0.15, 0.2) is 5.78 Å². The van der Waals surface area contributed by atoms with Gasteiger partial charge in [-0.25, -0.2) is 0 Å². The van der Waals surface area contributed by atoms with E-state index in [1.165, 1.54) is 0 Å². The minimum Gasteiger partial charge on any atom is -0.382 e. The molecule has 0 aliphatic heterocycles. The molecule has 0 bridgehead atoms. The first-order valence-electron chi connectivity index (χ1n) is 5.31. The highest BCUT2D eigenvalue weighted by molar-refractivity contribution is 5.86. The van der Waals surface area contributed by atoms with E-state index in [4.69, 9.17) is 4.74 Å². The third-order valence-corrected chi connectivity index (χ3v) is 2.60. The molecule has 0 saturated heterocycles. The van der Waals surface area contributed by atoms with Crippen molar-refractivity contribution in [2.75, 3.05) is 6.61 Å². The molecule has 0 amide bonds. The van der Waals surface area contributed by atoms with Gasteiger partial charge < -0.3 is 9.84 Å². The zero-order valence-corrected chi connectivity index (χ0v) is 9.67. The van der Waals surface area contributed by atoms with Gasteiger partial charge in [-0.05, 0) is 26.7 Å². The molecule has 3 heteroatoms. The molecule has 0 aromatic rings. The highest BCUT2D eigenvalue weighted by atomic mass is 16.5. The summed E-state index contributed by atoms with van der Waals surface area (Å²) in [6, 6.07) is 0. The third-order valence-electron chi connectivity index (χ3n) is 2.60. The topological polar surface area (TPSA) is 46.5 Å². The summed E-state index contributed by atoms with van der Waals surface area (Å²) in [4.78, 5) is 11.4. The van der Waals surface area contributed by atoms with Crippen LogP contribution in [0, 0.1) is 0 Å². The lowest BCUT2D eigenvalue weighted by Crippen LogP contribution is -2.35. The zero-order chi connectivity index (χ0) is 11.2. The van der Waals surface area contributed by atoms with E-state index in [-0.39, 0.29) is 11.9 Å². The maximum Gasteiger partial charge on any atom is 0.166 e. The van der Waals surface area contributed by atoms with Gasteiger partial charge in [0.05, 0.1) is 12.7 Å². The van der Waals surface area contributed by atoms with Crippen molar-refractivity contribution in [3.05, 3.63) is 0 Å². The molecule has 0 fully saturated rings. The van der Waals surface area contributed by atoms with Crippen molar-refractivity contribution in [2.24, 2.45) is 0 Å². The molecule has 3 nitrogen and oxygen atoms in total. The monoisotopic (exact) mass is 202 g/mol. The van der Waals surface area contributed by atoms with Crippen LogP contribution in [0.1, 0.15) is 47.0 Å². The summed E-state index contributed by atoms with van der Waals surface area (Å²) < 4.78 is 5.37. The zero-order valence-electron chi connectivity index (χ0n) is 9.67. The molecule has 2 atom stereocenters. The van der Waals surface area contributed by atoms with Crippen LogP contribution in [-0.2, 0) is 9.53 Å². The molecule has 14 heavy (non-hydrogen) atoms. The van der Waals surface area contributed by atoms with E-state index in [2.05, 4.69) is 0 Å². The van der Waals surface area contributed by atoms with E-state index < -0.39 is 5.60 Å². The highest BCUT2D eigenvalue weighted by Gasteiger charge is 2.26. The summed E-state index contributed by atoms with van der Waals surface area (Å²) in [7, 11) is 0. The van der Waals surface area contributed by atoms with Crippen molar-refractivity contribution in [3.8, 4) is 0 Å². The van der Waals surface area contributed by atoms with Crippen molar-refractivity contribution in [3.63, 3.8) is 0 Å². The predicted octanol–water partition coefficient (Wildman–Crippen LogP) is 1.92. The van der Waals surface area contributed by atoms with Crippen LogP contribution in [0.4, 0.5) is 0 Å². The first-order chi connectivity index (χ1) is 6.44. The third kappa shape index (κ3) is 4.72. The minimum absolute atomic E-state index is 0.136. The Balaban J connectivity index is 3.75. The van der Waals surface area contributed by atoms with E-state index in [1.807, 2.05) is 13.8 Å². The Kier molecular flexibility index (Phi) is 5.96. The Morgan fingerprint density at radius 2 is 2.07 bits per heavy atom. The number of carbonyl (C=O) groups is 1. The Hall–Kier alpha value is -0.410. The Morgan fingerprint density at radius 3 is 2.50 bits per heavy atom. The summed E-state index contributed by atoms with van der Waals surface area (Å²) in [5.74, 6) is -0.136. The number of aliphatic hydroxyl groups is 1. The molecule has 0 aromatic carbocycles. The van der Waals surface area contributed by atoms with Gasteiger partial charge in [0.25, 0.3) is 0 Å². The van der Waals surface area contributed by atoms with Crippen molar-refractivity contribution in [2.45, 2.75) is 58.7 Å². The predicted molar refractivity (Wildman–Crippen MR) is 56.2 cm³/mol. The smallest absolute Gasteiger partial charge is 0.166 e. The summed E-state index contributed by atoms with van der Waals surface area (Å²) in [6.07, 6.45) is 1.88. The lowest BCUT2D eigenvalue weighted by Gasteiger charge is -2.19. The average molecular weight is 202 g/mol. The fourth-order valence-corrected chi connectivity index (χ4v) is 0.937. The Bertz CT molecular complexity index is 175. The number of hydrogen-bond acceptors (Lipinski definition) is 3. The molecule has 1 N–H and O–H groups in total. The molecule has 0 aromatic heterocycles. The van der Waals surface area contributed by atoms with Crippen LogP contribution in [0.15, 0.2) is 0 Å². The normalized spacial score (nSPS) is 17.5. The van der Waals surface area contributed by atoms with Crippen LogP contribution >= 0.6 is 0 Å². The van der Waals surface area contributed by atoms with Gasteiger partial charge in [0.1, 0.15) is 5.60 Å². The number of Topliss-reactive ketones (excluding diaryl/α,β-unsaturated/α-hetero) is 1. The second-order valence-corrected chi connectivity index (χ2v) is 3.89. The molecular weight excluding hydrogens is 180 g/mol. The number of rotatable bonds is 7. The van der Waals surface area contributed by atoms with Gasteiger partial charge in [-0.2, -0.15) is 0 Å². The standard InChI is InChI=1S/C11H22O3/c1-5-9(3)14-8-7-10(12)11(4,13)6-2/h9,13H,5-8H2,1-4H3. The van der Waals surface area contributed by atoms with E-state index >= 15 is 0 Å². The van der Waals surface area contributed by atoms with E-state index in [1.54, 1.807) is 13.8 Å². The molecule has 2 unspecified atom stereocenters. The second-order valence-electron chi connectivity index (χ2n) is 3.89. The number of ketones is 1. The van der Waals surface area contributed by atoms with Crippen LogP contribution in [0.5, 0.6) is 0 Å². The summed E-state index contributed by atoms with van der Waals surface area (Å²) in [5.41, 5.74) is -1.18. The number of hydrogen-bond donors (Lipinski definition) is 1. The molecule has 0 saturated carbocycles. The lowest BCUT2D eigenvalue weighted by molar-refractivity contribution is -0.137. The molecule has 0 spiro atoms. The Morgan fingerprint density at radius 1 is 1.50 bits per heavy atom. The highest BCUT2D eigenvalue weighted by Crippen LogP contribution is 2.12. The number of ether oxygens (including phenoxy) is 1. The largest absolute Gasteiger partial charge is 0.382 e. The van der Waals surface area contributed by atoms with Crippen LogP contribution in [0.2, 0.25) is 0 Å². The molecule has 0 radical (unpaired) electrons. The van der Waals surface area contributed by atoms with Gasteiger partial charge in [-0.15, -0.1) is 0 Å². The van der Waals surface area contributed by atoms with Crippen LogP contribution < -0.4 is 0 Å². The fourth-order valence-electron chi connectivity index (χ4n) is 0.937. The minimum atomic E-state index is -1.18.